The molecule has 0 saturated carbocycles. The molecule has 0 fully saturated rings. The fourth-order valence-electron chi connectivity index (χ4n) is 3.04. The molecule has 1 aromatic heterocycles. The normalized spacial score (nSPS) is 11.9. The molecule has 3 aromatic rings. The molecule has 2 aromatic carbocycles. The summed E-state index contributed by atoms with van der Waals surface area (Å²) in [6.07, 6.45) is -0.792. The van der Waals surface area contributed by atoms with E-state index in [1.54, 1.807) is 49.2 Å². The van der Waals surface area contributed by atoms with Crippen molar-refractivity contribution in [3.8, 4) is 17.0 Å². The fourth-order valence-corrected chi connectivity index (χ4v) is 3.04. The van der Waals surface area contributed by atoms with Crippen molar-refractivity contribution in [1.29, 1.82) is 0 Å². The molecule has 0 saturated heterocycles. The average Bonchev–Trinajstić information content (AvgIpc) is 3.09. The number of aliphatic hydroxyl groups is 1. The summed E-state index contributed by atoms with van der Waals surface area (Å²) in [5.41, 5.74) is 4.12. The number of nitrogens with zero attached hydrogens (tertiary/aromatic N) is 3. The number of benzene rings is 2. The number of rotatable bonds is 6. The number of hydrogen-bond acceptors (Lipinski definition) is 4. The van der Waals surface area contributed by atoms with E-state index in [1.807, 2.05) is 38.2 Å². The second-order valence-electron chi connectivity index (χ2n) is 6.88. The van der Waals surface area contributed by atoms with E-state index < -0.39 is 6.10 Å². The summed E-state index contributed by atoms with van der Waals surface area (Å²) < 4.78 is 6.83. The van der Waals surface area contributed by atoms with Gasteiger partial charge in [-0.15, -0.1) is 0 Å². The average molecular weight is 379 g/mol. The highest BCUT2D eigenvalue weighted by Gasteiger charge is 2.20. The maximum absolute atomic E-state index is 12.8. The fraction of sp³-hybridized carbons (Fsp3) is 0.273. The van der Waals surface area contributed by atoms with Gasteiger partial charge in [0.2, 0.25) is 0 Å². The minimum absolute atomic E-state index is 0.168. The number of amides is 1. The van der Waals surface area contributed by atoms with Crippen molar-refractivity contribution in [2.45, 2.75) is 13.0 Å². The summed E-state index contributed by atoms with van der Waals surface area (Å²) >= 11 is 0. The highest BCUT2D eigenvalue weighted by molar-refractivity contribution is 5.93. The molecule has 1 N–H and O–H groups in total. The van der Waals surface area contributed by atoms with Crippen molar-refractivity contribution in [2.75, 3.05) is 20.7 Å². The van der Waals surface area contributed by atoms with Gasteiger partial charge in [-0.05, 0) is 36.2 Å². The van der Waals surface area contributed by atoms with Crippen molar-refractivity contribution < 1.29 is 14.6 Å². The van der Waals surface area contributed by atoms with E-state index in [9.17, 15) is 9.90 Å². The molecule has 0 bridgehead atoms. The molecule has 1 unspecified atom stereocenters. The summed E-state index contributed by atoms with van der Waals surface area (Å²) in [6, 6.07) is 17.0. The van der Waals surface area contributed by atoms with Gasteiger partial charge in [0.1, 0.15) is 5.75 Å². The van der Waals surface area contributed by atoms with Gasteiger partial charge < -0.3 is 14.7 Å². The third-order valence-electron chi connectivity index (χ3n) is 4.74. The summed E-state index contributed by atoms with van der Waals surface area (Å²) in [7, 11) is 5.07. The zero-order valence-electron chi connectivity index (χ0n) is 16.6. The number of carbonyl (C=O) groups is 1. The van der Waals surface area contributed by atoms with Crippen molar-refractivity contribution in [3.05, 3.63) is 71.4 Å². The van der Waals surface area contributed by atoms with Crippen LogP contribution >= 0.6 is 0 Å². The number of hydrogen-bond donors (Lipinski definition) is 1. The smallest absolute Gasteiger partial charge is 0.274 e. The maximum atomic E-state index is 12.8. The molecule has 1 amide bonds. The third-order valence-corrected chi connectivity index (χ3v) is 4.74. The predicted octanol–water partition coefficient (Wildman–Crippen LogP) is 3.21. The quantitative estimate of drug-likeness (QED) is 0.714. The summed E-state index contributed by atoms with van der Waals surface area (Å²) in [4.78, 5) is 14.3. The monoisotopic (exact) mass is 379 g/mol. The first-order valence-electron chi connectivity index (χ1n) is 9.07. The van der Waals surface area contributed by atoms with E-state index in [-0.39, 0.29) is 12.5 Å². The Kier molecular flexibility index (Phi) is 5.80. The molecular weight excluding hydrogens is 354 g/mol. The number of aryl methyl sites for hydroxylation is 2. The Bertz CT molecular complexity index is 946. The van der Waals surface area contributed by atoms with Gasteiger partial charge in [-0.2, -0.15) is 5.10 Å². The summed E-state index contributed by atoms with van der Waals surface area (Å²) in [5, 5.41) is 14.8. The zero-order valence-corrected chi connectivity index (χ0v) is 16.6. The minimum Gasteiger partial charge on any atom is -0.497 e. The van der Waals surface area contributed by atoms with Gasteiger partial charge in [0, 0.05) is 14.1 Å². The number of methoxy groups -OCH3 is 1. The lowest BCUT2D eigenvalue weighted by Crippen LogP contribution is -2.31. The van der Waals surface area contributed by atoms with Gasteiger partial charge in [0.05, 0.1) is 25.5 Å². The topological polar surface area (TPSA) is 67.6 Å². The molecule has 6 nitrogen and oxygen atoms in total. The molecule has 6 heteroatoms. The lowest BCUT2D eigenvalue weighted by molar-refractivity contribution is 0.0674. The number of carbonyl (C=O) groups excluding carboxylic acids is 1. The molecule has 146 valence electrons. The van der Waals surface area contributed by atoms with Crippen molar-refractivity contribution >= 4 is 5.91 Å². The van der Waals surface area contributed by atoms with Crippen LogP contribution in [0.1, 0.15) is 27.7 Å². The third kappa shape index (κ3) is 4.23. The van der Waals surface area contributed by atoms with Crippen LogP contribution in [-0.2, 0) is 7.05 Å². The van der Waals surface area contributed by atoms with Crippen LogP contribution in [0.4, 0.5) is 0 Å². The Hall–Kier alpha value is -3.12. The standard InChI is InChI=1S/C22H25N3O3/c1-15-5-7-16(8-6-15)20-13-19(23-25(20)3)22(27)24(2)14-21(26)17-9-11-18(28-4)12-10-17/h5-13,21,26H,14H2,1-4H3. The molecule has 28 heavy (non-hydrogen) atoms. The van der Waals surface area contributed by atoms with Crippen LogP contribution in [0.25, 0.3) is 11.3 Å². The van der Waals surface area contributed by atoms with Crippen LogP contribution in [0.2, 0.25) is 0 Å². The first kappa shape index (κ1) is 19.6. The SMILES string of the molecule is COc1ccc(C(O)CN(C)C(=O)c2cc(-c3ccc(C)cc3)n(C)n2)cc1. The molecule has 1 heterocycles. The molecule has 3 rings (SSSR count). The maximum Gasteiger partial charge on any atom is 0.274 e. The Balaban J connectivity index is 1.72. The largest absolute Gasteiger partial charge is 0.497 e. The van der Waals surface area contributed by atoms with Gasteiger partial charge in [-0.25, -0.2) is 0 Å². The molecule has 0 aliphatic heterocycles. The lowest BCUT2D eigenvalue weighted by atomic mass is 10.1. The van der Waals surface area contributed by atoms with Crippen LogP contribution in [0.15, 0.2) is 54.6 Å². The van der Waals surface area contributed by atoms with E-state index in [2.05, 4.69) is 5.10 Å². The van der Waals surface area contributed by atoms with Crippen molar-refractivity contribution in [3.63, 3.8) is 0 Å². The number of aliphatic hydroxyl groups excluding tert-OH is 1. The highest BCUT2D eigenvalue weighted by atomic mass is 16.5. The summed E-state index contributed by atoms with van der Waals surface area (Å²) in [5.74, 6) is 0.485. The zero-order chi connectivity index (χ0) is 20.3. The van der Waals surface area contributed by atoms with Crippen LogP contribution in [-0.4, -0.2) is 46.4 Å². The van der Waals surface area contributed by atoms with Crippen molar-refractivity contribution in [1.82, 2.24) is 14.7 Å². The van der Waals surface area contributed by atoms with Gasteiger partial charge >= 0.3 is 0 Å². The molecule has 0 aliphatic carbocycles. The lowest BCUT2D eigenvalue weighted by Gasteiger charge is -2.20. The van der Waals surface area contributed by atoms with Gasteiger partial charge in [-0.3, -0.25) is 9.48 Å². The summed E-state index contributed by atoms with van der Waals surface area (Å²) in [6.45, 7) is 2.20. The highest BCUT2D eigenvalue weighted by Crippen LogP contribution is 2.22. The van der Waals surface area contributed by atoms with E-state index >= 15 is 0 Å². The van der Waals surface area contributed by atoms with Crippen LogP contribution in [0.3, 0.4) is 0 Å². The molecule has 0 spiro atoms. The van der Waals surface area contributed by atoms with Gasteiger partial charge in [-0.1, -0.05) is 42.0 Å². The van der Waals surface area contributed by atoms with E-state index in [1.165, 1.54) is 10.5 Å². The number of likely N-dealkylation sites (N-methyl/N-ethyl adjacent to an activating group) is 1. The van der Waals surface area contributed by atoms with Crippen LogP contribution < -0.4 is 4.74 Å². The van der Waals surface area contributed by atoms with E-state index in [0.717, 1.165) is 22.6 Å². The van der Waals surface area contributed by atoms with Crippen LogP contribution in [0, 0.1) is 6.92 Å². The van der Waals surface area contributed by atoms with E-state index in [0.29, 0.717) is 5.69 Å². The van der Waals surface area contributed by atoms with Crippen LogP contribution in [0.5, 0.6) is 5.75 Å². The molecule has 0 radical (unpaired) electrons. The molecule has 0 aliphatic rings. The van der Waals surface area contributed by atoms with Crippen molar-refractivity contribution in [2.24, 2.45) is 7.05 Å². The second-order valence-corrected chi connectivity index (χ2v) is 6.88. The molecular formula is C22H25N3O3. The Labute approximate surface area is 165 Å². The Morgan fingerprint density at radius 1 is 1.18 bits per heavy atom. The Morgan fingerprint density at radius 3 is 2.43 bits per heavy atom. The second kappa shape index (κ2) is 8.27. The molecule has 1 atom stereocenters. The van der Waals surface area contributed by atoms with Gasteiger partial charge in [0.25, 0.3) is 5.91 Å². The van der Waals surface area contributed by atoms with E-state index in [4.69, 9.17) is 4.74 Å². The number of ether oxygens (including phenoxy) is 1. The Morgan fingerprint density at radius 2 is 1.82 bits per heavy atom. The number of aromatic nitrogens is 2. The van der Waals surface area contributed by atoms with Gasteiger partial charge in [0.15, 0.2) is 5.69 Å². The minimum atomic E-state index is -0.792. The first-order chi connectivity index (χ1) is 13.4. The predicted molar refractivity (Wildman–Crippen MR) is 108 cm³/mol. The first-order valence-corrected chi connectivity index (χ1v) is 9.07.